The molecule has 35 heavy (non-hydrogen) atoms. The Labute approximate surface area is 204 Å². The zero-order valence-corrected chi connectivity index (χ0v) is 20.4. The molecule has 0 spiro atoms. The van der Waals surface area contributed by atoms with Gasteiger partial charge in [-0.05, 0) is 48.1 Å². The number of nitrogens with one attached hydrogen (secondary N) is 3. The summed E-state index contributed by atoms with van der Waals surface area (Å²) in [4.78, 5) is 58.4. The number of aromatic nitrogens is 3. The maximum Gasteiger partial charge on any atom is 0.329 e. The van der Waals surface area contributed by atoms with E-state index in [0.29, 0.717) is 34.9 Å². The van der Waals surface area contributed by atoms with Gasteiger partial charge in [0.15, 0.2) is 5.65 Å². The number of carbonyl (C=O) groups is 2. The van der Waals surface area contributed by atoms with E-state index in [4.69, 9.17) is 0 Å². The first kappa shape index (κ1) is 24.1. The molecule has 0 fully saturated rings. The number of aromatic amines is 1. The Bertz CT molecular complexity index is 1520. The monoisotopic (exact) mass is 491 g/mol. The molecule has 9 nitrogen and oxygen atoms in total. The molecular formula is C25H25N5O4S. The molecule has 3 heterocycles. The summed E-state index contributed by atoms with van der Waals surface area (Å²) in [6.45, 7) is 6.11. The number of rotatable bonds is 7. The van der Waals surface area contributed by atoms with Crippen LogP contribution in [0.2, 0.25) is 0 Å². The first-order valence-electron chi connectivity index (χ1n) is 11.2. The van der Waals surface area contributed by atoms with Gasteiger partial charge in [0, 0.05) is 23.6 Å². The fraction of sp³-hybridized carbons (Fsp3) is 0.240. The average molecular weight is 492 g/mol. The summed E-state index contributed by atoms with van der Waals surface area (Å²) >= 11 is 1.33. The zero-order valence-electron chi connectivity index (χ0n) is 19.5. The van der Waals surface area contributed by atoms with Crippen molar-refractivity contribution in [3.8, 4) is 0 Å². The van der Waals surface area contributed by atoms with E-state index in [-0.39, 0.29) is 28.4 Å². The summed E-state index contributed by atoms with van der Waals surface area (Å²) in [5.41, 5.74) is 0.633. The minimum atomic E-state index is -0.665. The highest BCUT2D eigenvalue weighted by molar-refractivity contribution is 7.12. The van der Waals surface area contributed by atoms with E-state index >= 15 is 0 Å². The third-order valence-electron chi connectivity index (χ3n) is 5.38. The van der Waals surface area contributed by atoms with E-state index in [1.807, 2.05) is 26.2 Å². The normalized spacial score (nSPS) is 11.1. The molecule has 0 saturated carbocycles. The molecule has 0 aliphatic carbocycles. The average Bonchev–Trinajstić information content (AvgIpc) is 3.36. The van der Waals surface area contributed by atoms with Crippen LogP contribution in [0, 0.1) is 0 Å². The molecule has 0 radical (unpaired) electrons. The Morgan fingerprint density at radius 3 is 2.40 bits per heavy atom. The van der Waals surface area contributed by atoms with Gasteiger partial charge in [0.2, 0.25) is 0 Å². The van der Waals surface area contributed by atoms with Crippen LogP contribution in [0.3, 0.4) is 0 Å². The van der Waals surface area contributed by atoms with Crippen molar-refractivity contribution < 1.29 is 9.59 Å². The number of H-pyrrole nitrogens is 1. The van der Waals surface area contributed by atoms with Crippen LogP contribution in [-0.4, -0.2) is 26.3 Å². The number of fused-ring (bicyclic) bond motifs is 1. The van der Waals surface area contributed by atoms with E-state index in [2.05, 4.69) is 20.6 Å². The molecule has 0 saturated heterocycles. The lowest BCUT2D eigenvalue weighted by Crippen LogP contribution is -2.32. The molecule has 10 heteroatoms. The molecule has 0 aliphatic rings. The number of hydrogen-bond acceptors (Lipinski definition) is 6. The van der Waals surface area contributed by atoms with Crippen LogP contribution < -0.4 is 21.9 Å². The third kappa shape index (κ3) is 5.07. The molecule has 180 valence electrons. The van der Waals surface area contributed by atoms with Crippen LogP contribution in [0.15, 0.2) is 57.4 Å². The third-order valence-corrected chi connectivity index (χ3v) is 6.24. The van der Waals surface area contributed by atoms with E-state index in [1.165, 1.54) is 15.9 Å². The highest BCUT2D eigenvalue weighted by Crippen LogP contribution is 2.22. The summed E-state index contributed by atoms with van der Waals surface area (Å²) in [6.07, 6.45) is 0.653. The highest BCUT2D eigenvalue weighted by Gasteiger charge is 2.20. The molecule has 4 rings (SSSR count). The lowest BCUT2D eigenvalue weighted by Gasteiger charge is -2.15. The Morgan fingerprint density at radius 2 is 1.77 bits per heavy atom. The second-order valence-electron chi connectivity index (χ2n) is 8.33. The number of carbonyl (C=O) groups excluding carboxylic acids is 2. The van der Waals surface area contributed by atoms with Crippen molar-refractivity contribution in [1.82, 2.24) is 14.5 Å². The SMILES string of the molecule is CCCn1c(=O)[nH]c(=O)c2c(C(=O)Nc3cccc(NC(=O)c4cccs4)c3)cc(C(C)C)nc21. The van der Waals surface area contributed by atoms with Gasteiger partial charge in [0.05, 0.1) is 15.8 Å². The van der Waals surface area contributed by atoms with Gasteiger partial charge in [-0.2, -0.15) is 0 Å². The Kier molecular flexibility index (Phi) is 6.92. The minimum absolute atomic E-state index is 0.0359. The molecule has 3 N–H and O–H groups in total. The van der Waals surface area contributed by atoms with E-state index in [1.54, 1.807) is 42.5 Å². The van der Waals surface area contributed by atoms with Gasteiger partial charge in [-0.1, -0.05) is 32.9 Å². The van der Waals surface area contributed by atoms with Crippen LogP contribution in [0.4, 0.5) is 11.4 Å². The topological polar surface area (TPSA) is 126 Å². The number of amides is 2. The van der Waals surface area contributed by atoms with Gasteiger partial charge in [0.25, 0.3) is 17.4 Å². The second kappa shape index (κ2) is 10.1. The minimum Gasteiger partial charge on any atom is -0.322 e. The number of nitrogens with zero attached hydrogens (tertiary/aromatic N) is 2. The molecule has 0 atom stereocenters. The highest BCUT2D eigenvalue weighted by atomic mass is 32.1. The molecule has 2 amide bonds. The quantitative estimate of drug-likeness (QED) is 0.357. The molecule has 3 aromatic heterocycles. The van der Waals surface area contributed by atoms with Crippen LogP contribution in [-0.2, 0) is 6.54 Å². The van der Waals surface area contributed by atoms with Crippen molar-refractivity contribution in [2.24, 2.45) is 0 Å². The predicted octanol–water partition coefficient (Wildman–Crippen LogP) is 4.18. The Morgan fingerprint density at radius 1 is 1.06 bits per heavy atom. The summed E-state index contributed by atoms with van der Waals surface area (Å²) in [5, 5.41) is 7.48. The Hall–Kier alpha value is -4.05. The van der Waals surface area contributed by atoms with Crippen molar-refractivity contribution >= 4 is 45.6 Å². The lowest BCUT2D eigenvalue weighted by molar-refractivity contribution is 0.102. The molecule has 1 aromatic carbocycles. The number of pyridine rings is 1. The number of anilines is 2. The van der Waals surface area contributed by atoms with Gasteiger partial charge in [-0.15, -0.1) is 11.3 Å². The van der Waals surface area contributed by atoms with Crippen LogP contribution >= 0.6 is 11.3 Å². The largest absolute Gasteiger partial charge is 0.329 e. The smallest absolute Gasteiger partial charge is 0.322 e. The van der Waals surface area contributed by atoms with E-state index in [9.17, 15) is 19.2 Å². The lowest BCUT2D eigenvalue weighted by atomic mass is 10.0. The molecular weight excluding hydrogens is 466 g/mol. The number of benzene rings is 1. The summed E-state index contributed by atoms with van der Waals surface area (Å²) in [5.74, 6) is -0.801. The van der Waals surface area contributed by atoms with Gasteiger partial charge in [0.1, 0.15) is 0 Å². The molecule has 4 aromatic rings. The van der Waals surface area contributed by atoms with Crippen LogP contribution in [0.25, 0.3) is 11.0 Å². The van der Waals surface area contributed by atoms with Crippen molar-refractivity contribution in [3.63, 3.8) is 0 Å². The fourth-order valence-corrected chi connectivity index (χ4v) is 4.29. The van der Waals surface area contributed by atoms with Crippen molar-refractivity contribution in [1.29, 1.82) is 0 Å². The fourth-order valence-electron chi connectivity index (χ4n) is 3.67. The summed E-state index contributed by atoms with van der Waals surface area (Å²) in [7, 11) is 0. The van der Waals surface area contributed by atoms with Crippen LogP contribution in [0.5, 0.6) is 0 Å². The predicted molar refractivity (Wildman–Crippen MR) is 138 cm³/mol. The first-order valence-corrected chi connectivity index (χ1v) is 12.1. The molecule has 0 aliphatic heterocycles. The van der Waals surface area contributed by atoms with Crippen molar-refractivity contribution in [2.45, 2.75) is 39.7 Å². The van der Waals surface area contributed by atoms with Crippen LogP contribution in [0.1, 0.15) is 58.8 Å². The summed E-state index contributed by atoms with van der Waals surface area (Å²) in [6, 6.07) is 11.8. The van der Waals surface area contributed by atoms with Crippen molar-refractivity contribution in [2.75, 3.05) is 10.6 Å². The van der Waals surface area contributed by atoms with Gasteiger partial charge < -0.3 is 10.6 Å². The summed E-state index contributed by atoms with van der Waals surface area (Å²) < 4.78 is 1.39. The van der Waals surface area contributed by atoms with E-state index < -0.39 is 17.2 Å². The van der Waals surface area contributed by atoms with Gasteiger partial charge in [-0.25, -0.2) is 9.78 Å². The van der Waals surface area contributed by atoms with E-state index in [0.717, 1.165) is 0 Å². The Balaban J connectivity index is 1.72. The number of thiophene rings is 1. The standard InChI is InChI=1S/C25H25N5O4S/c1-4-10-30-21-20(24(33)29-25(30)34)17(13-18(28-21)14(2)3)22(31)26-15-7-5-8-16(12-15)27-23(32)19-9-6-11-35-19/h5-9,11-14H,4,10H2,1-3H3,(H,26,31)(H,27,32)(H,29,33,34). The first-order chi connectivity index (χ1) is 16.8. The van der Waals surface area contributed by atoms with Crippen molar-refractivity contribution in [3.05, 3.63) is 84.8 Å². The second-order valence-corrected chi connectivity index (χ2v) is 9.27. The zero-order chi connectivity index (χ0) is 25.1. The number of hydrogen-bond donors (Lipinski definition) is 3. The molecule has 0 bridgehead atoms. The van der Waals surface area contributed by atoms with Gasteiger partial charge in [-0.3, -0.25) is 23.9 Å². The number of aryl methyl sites for hydroxylation is 1. The molecule has 0 unspecified atom stereocenters. The maximum atomic E-state index is 13.4. The van der Waals surface area contributed by atoms with Gasteiger partial charge >= 0.3 is 5.69 Å². The maximum absolute atomic E-state index is 13.4.